The van der Waals surface area contributed by atoms with Crippen LogP contribution in [-0.2, 0) is 34.5 Å². The van der Waals surface area contributed by atoms with Gasteiger partial charge in [0.15, 0.2) is 0 Å². The Balaban J connectivity index is 1.43. The normalized spacial score (nSPS) is 28.6. The van der Waals surface area contributed by atoms with E-state index >= 15 is 0 Å². The number of amides is 2. The molecular formula is C33H40ClN3O9S. The minimum atomic E-state index is -4.26. The third-order valence-corrected chi connectivity index (χ3v) is 11.3. The number of hydrogen-bond donors (Lipinski definition) is 1. The third kappa shape index (κ3) is 6.63. The Bertz CT molecular complexity index is 1680. The van der Waals surface area contributed by atoms with Gasteiger partial charge in [-0.3, -0.25) is 9.63 Å². The number of ether oxygens (including phenoxy) is 4. The molecule has 0 aromatic heterocycles. The second-order valence-electron chi connectivity index (χ2n) is 13.0. The minimum absolute atomic E-state index is 0.0116. The number of fused-ring (bicyclic) bond motifs is 4. The van der Waals surface area contributed by atoms with E-state index in [2.05, 4.69) is 9.62 Å². The van der Waals surface area contributed by atoms with E-state index in [1.165, 1.54) is 34.1 Å². The summed E-state index contributed by atoms with van der Waals surface area (Å²) in [7, 11) is -1.40. The number of hydroxylamine groups is 2. The lowest BCUT2D eigenvalue weighted by Crippen LogP contribution is -2.50. The van der Waals surface area contributed by atoms with Crippen molar-refractivity contribution in [1.82, 2.24) is 9.79 Å². The molecule has 6 rings (SSSR count). The molecule has 0 saturated heterocycles. The number of hydrogen-bond acceptors (Lipinski definition) is 10. The van der Waals surface area contributed by atoms with Crippen molar-refractivity contribution in [3.05, 3.63) is 59.1 Å². The highest BCUT2D eigenvalue weighted by molar-refractivity contribution is 7.90. The summed E-state index contributed by atoms with van der Waals surface area (Å²) in [5.41, 5.74) is -0.407. The van der Waals surface area contributed by atoms with Gasteiger partial charge in [-0.05, 0) is 75.4 Å². The lowest BCUT2D eigenvalue weighted by Gasteiger charge is -2.45. The molecule has 2 aromatic carbocycles. The van der Waals surface area contributed by atoms with Crippen LogP contribution in [0.15, 0.2) is 53.4 Å². The van der Waals surface area contributed by atoms with Gasteiger partial charge in [-0.25, -0.2) is 17.9 Å². The van der Waals surface area contributed by atoms with E-state index in [9.17, 15) is 18.0 Å². The van der Waals surface area contributed by atoms with Crippen molar-refractivity contribution in [2.75, 3.05) is 52.0 Å². The molecule has 14 heteroatoms. The van der Waals surface area contributed by atoms with Gasteiger partial charge < -0.3 is 23.8 Å². The van der Waals surface area contributed by atoms with Crippen molar-refractivity contribution < 1.29 is 41.8 Å². The number of sulfonamides is 1. The van der Waals surface area contributed by atoms with Gasteiger partial charge in [-0.2, -0.15) is 5.06 Å². The molecule has 0 radical (unpaired) electrons. The van der Waals surface area contributed by atoms with Gasteiger partial charge in [0.25, 0.3) is 15.9 Å². The van der Waals surface area contributed by atoms with Crippen LogP contribution >= 0.6 is 11.6 Å². The zero-order chi connectivity index (χ0) is 33.6. The summed E-state index contributed by atoms with van der Waals surface area (Å²) in [5, 5.41) is 1.59. The minimum Gasteiger partial charge on any atom is -0.493 e. The van der Waals surface area contributed by atoms with Crippen LogP contribution in [0.5, 0.6) is 11.5 Å². The summed E-state index contributed by atoms with van der Waals surface area (Å²) in [6.45, 7) is 4.82. The van der Waals surface area contributed by atoms with Crippen LogP contribution in [0.2, 0.25) is 5.02 Å². The second kappa shape index (κ2) is 12.8. The molecule has 4 atom stereocenters. The van der Waals surface area contributed by atoms with Crippen molar-refractivity contribution in [2.45, 2.75) is 55.1 Å². The monoisotopic (exact) mass is 689 g/mol. The molecule has 2 bridgehead atoms. The fourth-order valence-corrected chi connectivity index (χ4v) is 7.94. The highest BCUT2D eigenvalue weighted by Gasteiger charge is 2.46. The predicted octanol–water partition coefficient (Wildman–Crippen LogP) is 4.45. The molecule has 1 saturated carbocycles. The summed E-state index contributed by atoms with van der Waals surface area (Å²) in [6, 6.07) is 10.3. The molecule has 1 spiro atoms. The molecule has 47 heavy (non-hydrogen) atoms. The molecule has 1 aliphatic carbocycles. The number of halogens is 1. The van der Waals surface area contributed by atoms with E-state index in [0.717, 1.165) is 23.5 Å². The van der Waals surface area contributed by atoms with E-state index in [-0.39, 0.29) is 23.3 Å². The van der Waals surface area contributed by atoms with Crippen LogP contribution < -0.4 is 19.1 Å². The molecule has 2 aromatic rings. The number of carbonyl (C=O) groups excluding carboxylic acids is 2. The van der Waals surface area contributed by atoms with Crippen LogP contribution in [0.4, 0.5) is 10.5 Å². The average Bonchev–Trinajstić information content (AvgIpc) is 3.17. The quantitative estimate of drug-likeness (QED) is 0.356. The molecule has 1 N–H and O–H groups in total. The Labute approximate surface area is 279 Å². The maximum absolute atomic E-state index is 13.6. The second-order valence-corrected chi connectivity index (χ2v) is 15.2. The van der Waals surface area contributed by atoms with Crippen molar-refractivity contribution in [3.8, 4) is 11.5 Å². The zero-order valence-electron chi connectivity index (χ0n) is 26.9. The van der Waals surface area contributed by atoms with Crippen LogP contribution in [0.1, 0.15) is 38.7 Å². The van der Waals surface area contributed by atoms with Crippen molar-refractivity contribution in [3.63, 3.8) is 0 Å². The van der Waals surface area contributed by atoms with Gasteiger partial charge in [0.2, 0.25) is 0 Å². The standard InChI is InChI=1S/C33H40ClN3O9S/c1-32(2)30(38)35-47(40,41)23-9-12-28-26(17-23)37(19-33(20-44-28)13-15-43-29-16-22(34)8-11-25(29)33)18-21-7-10-24(21)27(6-5-14-45-32)46-31(39)36(3)42-4/h5-6,8-9,11-12,16-17,21,24,27H,7,10,13-15,18-20H2,1-4H3,(H,35,38)/b6-5+/t21-,24+,27-,33-/m0/s1. The molecule has 12 nitrogen and oxygen atoms in total. The van der Waals surface area contributed by atoms with E-state index in [0.29, 0.717) is 54.9 Å². The van der Waals surface area contributed by atoms with Gasteiger partial charge in [-0.1, -0.05) is 23.7 Å². The average molecular weight is 690 g/mol. The maximum atomic E-state index is 13.6. The first-order valence-corrected chi connectivity index (χ1v) is 17.5. The Morgan fingerprint density at radius 2 is 1.94 bits per heavy atom. The zero-order valence-corrected chi connectivity index (χ0v) is 28.4. The van der Waals surface area contributed by atoms with Crippen LogP contribution in [-0.4, -0.2) is 84.3 Å². The summed E-state index contributed by atoms with van der Waals surface area (Å²) in [6.07, 6.45) is 4.58. The van der Waals surface area contributed by atoms with Crippen LogP contribution in [0, 0.1) is 11.8 Å². The SMILES string of the molecule is CON(C)C(=O)O[C@H]1/C=C/COC(C)(C)C(=O)NS(=O)(=O)c2ccc3c(c2)N(C[C@@H]2CC[C@H]21)C[C@@]1(CCOc2cc(Cl)ccc21)CO3. The van der Waals surface area contributed by atoms with Gasteiger partial charge in [0, 0.05) is 36.6 Å². The van der Waals surface area contributed by atoms with Crippen molar-refractivity contribution >= 4 is 39.3 Å². The maximum Gasteiger partial charge on any atom is 0.434 e. The van der Waals surface area contributed by atoms with Crippen LogP contribution in [0.25, 0.3) is 0 Å². The van der Waals surface area contributed by atoms with Gasteiger partial charge >= 0.3 is 6.09 Å². The van der Waals surface area contributed by atoms with Gasteiger partial charge in [0.05, 0.1) is 42.9 Å². The fraction of sp³-hybridized carbons (Fsp3) is 0.515. The molecule has 3 heterocycles. The third-order valence-electron chi connectivity index (χ3n) is 9.69. The molecular weight excluding hydrogens is 650 g/mol. The first kappa shape index (κ1) is 33.4. The topological polar surface area (TPSA) is 133 Å². The van der Waals surface area contributed by atoms with E-state index in [1.807, 2.05) is 18.2 Å². The lowest BCUT2D eigenvalue weighted by molar-refractivity contribution is -0.139. The molecule has 1 fully saturated rings. The molecule has 2 amide bonds. The van der Waals surface area contributed by atoms with E-state index < -0.39 is 39.1 Å². The lowest BCUT2D eigenvalue weighted by atomic mass is 9.69. The molecule has 3 aliphatic heterocycles. The largest absolute Gasteiger partial charge is 0.493 e. The summed E-state index contributed by atoms with van der Waals surface area (Å²) >= 11 is 6.33. The van der Waals surface area contributed by atoms with E-state index in [1.54, 1.807) is 24.3 Å². The number of rotatable bonds is 2. The number of benzene rings is 2. The smallest absolute Gasteiger partial charge is 0.434 e. The summed E-state index contributed by atoms with van der Waals surface area (Å²) in [5.74, 6) is 0.453. The Morgan fingerprint density at radius 3 is 2.68 bits per heavy atom. The predicted molar refractivity (Wildman–Crippen MR) is 173 cm³/mol. The van der Waals surface area contributed by atoms with Crippen molar-refractivity contribution in [2.24, 2.45) is 11.8 Å². The number of carbonyl (C=O) groups is 2. The number of nitrogens with zero attached hydrogens (tertiary/aromatic N) is 2. The van der Waals surface area contributed by atoms with Crippen LogP contribution in [0.3, 0.4) is 0 Å². The first-order chi connectivity index (χ1) is 22.3. The highest BCUT2D eigenvalue weighted by Crippen LogP contribution is 2.47. The first-order valence-electron chi connectivity index (χ1n) is 15.6. The summed E-state index contributed by atoms with van der Waals surface area (Å²) < 4.78 is 53.5. The molecule has 4 aliphatic rings. The fourth-order valence-electron chi connectivity index (χ4n) is 6.65. The van der Waals surface area contributed by atoms with Crippen molar-refractivity contribution in [1.29, 1.82) is 0 Å². The van der Waals surface area contributed by atoms with Gasteiger partial charge in [-0.15, -0.1) is 0 Å². The molecule has 0 unspecified atom stereocenters. The Morgan fingerprint density at radius 1 is 1.13 bits per heavy atom. The van der Waals surface area contributed by atoms with E-state index in [4.69, 9.17) is 35.4 Å². The highest BCUT2D eigenvalue weighted by atomic mass is 35.5. The summed E-state index contributed by atoms with van der Waals surface area (Å²) in [4.78, 5) is 33.1. The Hall–Kier alpha value is -3.52. The molecule has 254 valence electrons. The number of anilines is 1. The van der Waals surface area contributed by atoms with Gasteiger partial charge in [0.1, 0.15) is 23.2 Å². The number of nitrogens with one attached hydrogen (secondary N) is 1. The Kier molecular flexibility index (Phi) is 9.11.